The Labute approximate surface area is 126 Å². The number of nitrogens with one attached hydrogen (secondary N) is 1. The van der Waals surface area contributed by atoms with Crippen molar-refractivity contribution in [1.82, 2.24) is 5.32 Å². The van der Waals surface area contributed by atoms with E-state index in [1.165, 1.54) is 16.8 Å². The summed E-state index contributed by atoms with van der Waals surface area (Å²) in [4.78, 5) is 18.8. The van der Waals surface area contributed by atoms with Gasteiger partial charge in [0.25, 0.3) is 0 Å². The Morgan fingerprint density at radius 1 is 1.38 bits per heavy atom. The standard InChI is InChI=1S/C17H23N3O/c1-11(2)13-5-4-12(3)16(8-13)20-7-6-15-14(9-20)17(21)19-10-18-15/h4-5,8,11,14H,6-7,9-10H2,1-3H3,(H,19,21). The molecule has 1 fully saturated rings. The molecule has 0 aliphatic carbocycles. The van der Waals surface area contributed by atoms with Gasteiger partial charge in [-0.05, 0) is 30.0 Å². The number of hydrogen-bond acceptors (Lipinski definition) is 3. The first-order valence-electron chi connectivity index (χ1n) is 7.72. The van der Waals surface area contributed by atoms with E-state index in [2.05, 4.69) is 54.2 Å². The smallest absolute Gasteiger partial charge is 0.232 e. The molecule has 1 amide bonds. The van der Waals surface area contributed by atoms with Crippen LogP contribution in [0, 0.1) is 12.8 Å². The Hall–Kier alpha value is -1.84. The van der Waals surface area contributed by atoms with Crippen molar-refractivity contribution in [2.24, 2.45) is 10.9 Å². The molecule has 4 nitrogen and oxygen atoms in total. The Kier molecular flexibility index (Phi) is 3.70. The van der Waals surface area contributed by atoms with Crippen LogP contribution in [0.5, 0.6) is 0 Å². The summed E-state index contributed by atoms with van der Waals surface area (Å²) < 4.78 is 0. The molecule has 1 unspecified atom stereocenters. The van der Waals surface area contributed by atoms with E-state index in [1.54, 1.807) is 0 Å². The zero-order valence-electron chi connectivity index (χ0n) is 13.0. The van der Waals surface area contributed by atoms with Gasteiger partial charge in [0.1, 0.15) is 6.67 Å². The number of piperidine rings is 1. The molecule has 2 heterocycles. The normalized spacial score (nSPS) is 21.9. The quantitative estimate of drug-likeness (QED) is 0.907. The van der Waals surface area contributed by atoms with Crippen LogP contribution in [0.4, 0.5) is 5.69 Å². The third-order valence-electron chi connectivity index (χ3n) is 4.54. The average Bonchev–Trinajstić information content (AvgIpc) is 2.48. The van der Waals surface area contributed by atoms with Crippen molar-refractivity contribution in [3.05, 3.63) is 29.3 Å². The lowest BCUT2D eigenvalue weighted by atomic mass is 9.92. The fourth-order valence-electron chi connectivity index (χ4n) is 3.15. The summed E-state index contributed by atoms with van der Waals surface area (Å²) in [5, 5.41) is 2.84. The van der Waals surface area contributed by atoms with E-state index in [1.807, 2.05) is 0 Å². The van der Waals surface area contributed by atoms with Crippen LogP contribution in [0.1, 0.15) is 37.3 Å². The summed E-state index contributed by atoms with van der Waals surface area (Å²) in [6.45, 7) is 8.71. The van der Waals surface area contributed by atoms with Crippen LogP contribution < -0.4 is 10.2 Å². The van der Waals surface area contributed by atoms with E-state index >= 15 is 0 Å². The van der Waals surface area contributed by atoms with E-state index in [9.17, 15) is 4.79 Å². The third kappa shape index (κ3) is 2.67. The Bertz CT molecular complexity index is 592. The molecule has 2 aliphatic rings. The minimum absolute atomic E-state index is 0.0744. The number of carbonyl (C=O) groups is 1. The summed E-state index contributed by atoms with van der Waals surface area (Å²) in [7, 11) is 0. The molecule has 1 atom stereocenters. The third-order valence-corrected chi connectivity index (χ3v) is 4.54. The van der Waals surface area contributed by atoms with Crippen molar-refractivity contribution in [1.29, 1.82) is 0 Å². The number of amides is 1. The number of nitrogens with zero attached hydrogens (tertiary/aromatic N) is 2. The predicted molar refractivity (Wildman–Crippen MR) is 86.0 cm³/mol. The molecule has 1 saturated heterocycles. The van der Waals surface area contributed by atoms with Gasteiger partial charge >= 0.3 is 0 Å². The predicted octanol–water partition coefficient (Wildman–Crippen LogP) is 2.47. The van der Waals surface area contributed by atoms with Crippen molar-refractivity contribution in [3.8, 4) is 0 Å². The van der Waals surface area contributed by atoms with Crippen LogP contribution in [0.2, 0.25) is 0 Å². The Morgan fingerprint density at radius 2 is 2.19 bits per heavy atom. The summed E-state index contributed by atoms with van der Waals surface area (Å²) >= 11 is 0. The largest absolute Gasteiger partial charge is 0.370 e. The number of hydrogen-bond donors (Lipinski definition) is 1. The highest BCUT2D eigenvalue weighted by atomic mass is 16.2. The van der Waals surface area contributed by atoms with Crippen molar-refractivity contribution < 1.29 is 4.79 Å². The van der Waals surface area contributed by atoms with Gasteiger partial charge in [0.15, 0.2) is 0 Å². The van der Waals surface area contributed by atoms with Crippen molar-refractivity contribution >= 4 is 17.3 Å². The second-order valence-electron chi connectivity index (χ2n) is 6.30. The van der Waals surface area contributed by atoms with Gasteiger partial charge in [-0.25, -0.2) is 0 Å². The molecule has 0 bridgehead atoms. The van der Waals surface area contributed by atoms with Gasteiger partial charge in [-0.15, -0.1) is 0 Å². The van der Waals surface area contributed by atoms with Crippen molar-refractivity contribution in [2.75, 3.05) is 24.7 Å². The van der Waals surface area contributed by atoms with E-state index in [0.29, 0.717) is 12.6 Å². The van der Waals surface area contributed by atoms with Crippen LogP contribution in [-0.4, -0.2) is 31.4 Å². The van der Waals surface area contributed by atoms with Crippen molar-refractivity contribution in [2.45, 2.75) is 33.1 Å². The van der Waals surface area contributed by atoms with Gasteiger partial charge in [0, 0.05) is 30.9 Å². The van der Waals surface area contributed by atoms with Crippen LogP contribution in [0.15, 0.2) is 23.2 Å². The van der Waals surface area contributed by atoms with E-state index in [0.717, 1.165) is 25.2 Å². The average molecular weight is 285 g/mol. The summed E-state index contributed by atoms with van der Waals surface area (Å²) in [6, 6.07) is 6.67. The maximum atomic E-state index is 12.0. The van der Waals surface area contributed by atoms with Crippen LogP contribution in [0.3, 0.4) is 0 Å². The highest BCUT2D eigenvalue weighted by molar-refractivity contribution is 6.07. The molecule has 1 N–H and O–H groups in total. The van der Waals surface area contributed by atoms with E-state index < -0.39 is 0 Å². The highest BCUT2D eigenvalue weighted by Crippen LogP contribution is 2.29. The SMILES string of the molecule is Cc1ccc(C(C)C)cc1N1CCC2=NCNC(=O)C2C1. The Balaban J connectivity index is 1.88. The van der Waals surface area contributed by atoms with Gasteiger partial charge in [0.2, 0.25) is 5.91 Å². The highest BCUT2D eigenvalue weighted by Gasteiger charge is 2.33. The zero-order valence-corrected chi connectivity index (χ0v) is 13.0. The molecule has 0 aromatic heterocycles. The lowest BCUT2D eigenvalue weighted by molar-refractivity contribution is -0.123. The topological polar surface area (TPSA) is 44.7 Å². The van der Waals surface area contributed by atoms with Crippen LogP contribution in [-0.2, 0) is 4.79 Å². The lowest BCUT2D eigenvalue weighted by Crippen LogP contribution is -2.51. The van der Waals surface area contributed by atoms with E-state index in [-0.39, 0.29) is 11.8 Å². The van der Waals surface area contributed by atoms with E-state index in [4.69, 9.17) is 0 Å². The first-order valence-corrected chi connectivity index (χ1v) is 7.72. The van der Waals surface area contributed by atoms with Gasteiger partial charge < -0.3 is 10.2 Å². The Morgan fingerprint density at radius 3 is 2.95 bits per heavy atom. The molecule has 1 aromatic carbocycles. The van der Waals surface area contributed by atoms with Crippen molar-refractivity contribution in [3.63, 3.8) is 0 Å². The number of aliphatic imine (C=N–C) groups is 1. The number of rotatable bonds is 2. The first kappa shape index (κ1) is 14.1. The van der Waals surface area contributed by atoms with Gasteiger partial charge in [-0.3, -0.25) is 9.79 Å². The number of aryl methyl sites for hydroxylation is 1. The molecular formula is C17H23N3O. The first-order chi connectivity index (χ1) is 10.1. The molecular weight excluding hydrogens is 262 g/mol. The maximum Gasteiger partial charge on any atom is 0.232 e. The zero-order chi connectivity index (χ0) is 15.0. The minimum Gasteiger partial charge on any atom is -0.370 e. The minimum atomic E-state index is -0.0744. The van der Waals surface area contributed by atoms with Crippen LogP contribution >= 0.6 is 0 Å². The monoisotopic (exact) mass is 285 g/mol. The second-order valence-corrected chi connectivity index (χ2v) is 6.30. The molecule has 0 saturated carbocycles. The van der Waals surface area contributed by atoms with Gasteiger partial charge in [0.05, 0.1) is 5.92 Å². The molecule has 1 aromatic rings. The number of carbonyl (C=O) groups excluding carboxylic acids is 1. The van der Waals surface area contributed by atoms with Gasteiger partial charge in [-0.2, -0.15) is 0 Å². The van der Waals surface area contributed by atoms with Crippen LogP contribution in [0.25, 0.3) is 0 Å². The molecule has 0 spiro atoms. The lowest BCUT2D eigenvalue weighted by Gasteiger charge is -2.37. The molecule has 3 rings (SSSR count). The fraction of sp³-hybridized carbons (Fsp3) is 0.529. The summed E-state index contributed by atoms with van der Waals surface area (Å²) in [6.07, 6.45) is 0.892. The molecule has 4 heteroatoms. The second kappa shape index (κ2) is 5.51. The number of benzene rings is 1. The summed E-state index contributed by atoms with van der Waals surface area (Å²) in [5.41, 5.74) is 4.96. The molecule has 112 valence electrons. The molecule has 21 heavy (non-hydrogen) atoms. The number of anilines is 1. The summed E-state index contributed by atoms with van der Waals surface area (Å²) in [5.74, 6) is 0.571. The maximum absolute atomic E-state index is 12.0. The molecule has 0 radical (unpaired) electrons. The number of fused-ring (bicyclic) bond motifs is 1. The molecule has 2 aliphatic heterocycles. The van der Waals surface area contributed by atoms with Gasteiger partial charge in [-0.1, -0.05) is 26.0 Å². The fourth-order valence-corrected chi connectivity index (χ4v) is 3.15.